The zero-order chi connectivity index (χ0) is 29.1. The van der Waals surface area contributed by atoms with E-state index in [1.807, 2.05) is 0 Å². The number of nitrogens with one attached hydrogen (secondary N) is 1. The molecule has 0 saturated heterocycles. The van der Waals surface area contributed by atoms with Crippen LogP contribution in [0.25, 0.3) is 44.5 Å². The molecule has 1 heteroatoms. The maximum Gasteiger partial charge on any atom is 0.0726 e. The van der Waals surface area contributed by atoms with Crippen molar-refractivity contribution in [1.29, 1.82) is 0 Å². The average molecular weight is 560 g/mol. The third-order valence-corrected chi connectivity index (χ3v) is 9.47. The standard InChI is InChI=1S/C43H29N/c1-2-11-29(12-3-1)30-21-23-31(24-22-30)32-13-10-14-33(27-32)44-34-25-26-38-37-17-6-9-20-41(37)43(42(38)28-34)39-18-7-4-15-35(39)36-16-5-8-19-40(36)43/h1-28,44H. The lowest BCUT2D eigenvalue weighted by Gasteiger charge is -2.30. The monoisotopic (exact) mass is 559 g/mol. The molecule has 0 unspecified atom stereocenters. The van der Waals surface area contributed by atoms with Crippen molar-refractivity contribution in [3.05, 3.63) is 192 Å². The van der Waals surface area contributed by atoms with Gasteiger partial charge in [0.05, 0.1) is 5.41 Å². The third kappa shape index (κ3) is 3.60. The lowest BCUT2D eigenvalue weighted by atomic mass is 9.70. The van der Waals surface area contributed by atoms with Gasteiger partial charge in [0.1, 0.15) is 0 Å². The fraction of sp³-hybridized carbons (Fsp3) is 0.0233. The van der Waals surface area contributed by atoms with Gasteiger partial charge in [-0.3, -0.25) is 0 Å². The summed E-state index contributed by atoms with van der Waals surface area (Å²) in [5.74, 6) is 0. The molecule has 44 heavy (non-hydrogen) atoms. The van der Waals surface area contributed by atoms with Gasteiger partial charge in [0.2, 0.25) is 0 Å². The normalized spacial score (nSPS) is 13.2. The van der Waals surface area contributed by atoms with Crippen LogP contribution in [0.15, 0.2) is 170 Å². The van der Waals surface area contributed by atoms with Gasteiger partial charge in [-0.05, 0) is 91.0 Å². The lowest BCUT2D eigenvalue weighted by molar-refractivity contribution is 0.794. The van der Waals surface area contributed by atoms with E-state index < -0.39 is 0 Å². The van der Waals surface area contributed by atoms with E-state index in [4.69, 9.17) is 0 Å². The van der Waals surface area contributed by atoms with Crippen LogP contribution >= 0.6 is 0 Å². The summed E-state index contributed by atoms with van der Waals surface area (Å²) in [7, 11) is 0. The first kappa shape index (κ1) is 24.9. The molecule has 0 aliphatic heterocycles. The molecule has 1 spiro atoms. The molecule has 0 saturated carbocycles. The SMILES string of the molecule is c1ccc(-c2ccc(-c3cccc(Nc4ccc5c(c4)C4(c6ccccc6-c6ccccc64)c4ccccc4-5)c3)cc2)cc1. The summed E-state index contributed by atoms with van der Waals surface area (Å²) in [4.78, 5) is 0. The van der Waals surface area contributed by atoms with Gasteiger partial charge in [0.25, 0.3) is 0 Å². The molecule has 2 aliphatic carbocycles. The van der Waals surface area contributed by atoms with Gasteiger partial charge in [-0.15, -0.1) is 0 Å². The van der Waals surface area contributed by atoms with Crippen LogP contribution in [0.1, 0.15) is 22.3 Å². The molecule has 9 rings (SSSR count). The fourth-order valence-corrected chi connectivity index (χ4v) is 7.60. The Balaban J connectivity index is 1.12. The number of hydrogen-bond donors (Lipinski definition) is 1. The van der Waals surface area contributed by atoms with E-state index in [0.29, 0.717) is 0 Å². The minimum absolute atomic E-state index is 0.334. The second kappa shape index (κ2) is 9.69. The summed E-state index contributed by atoms with van der Waals surface area (Å²) < 4.78 is 0. The molecule has 0 fully saturated rings. The van der Waals surface area contributed by atoms with Gasteiger partial charge in [-0.1, -0.05) is 146 Å². The largest absolute Gasteiger partial charge is 0.355 e. The Morgan fingerprint density at radius 3 is 1.36 bits per heavy atom. The van der Waals surface area contributed by atoms with Crippen LogP contribution in [-0.2, 0) is 5.41 Å². The number of anilines is 2. The number of fused-ring (bicyclic) bond motifs is 10. The Hall–Kier alpha value is -5.66. The quantitative estimate of drug-likeness (QED) is 0.226. The zero-order valence-electron chi connectivity index (χ0n) is 24.2. The zero-order valence-corrected chi connectivity index (χ0v) is 24.2. The predicted octanol–water partition coefficient (Wildman–Crippen LogP) is 11.1. The highest BCUT2D eigenvalue weighted by Crippen LogP contribution is 2.62. The Kier molecular flexibility index (Phi) is 5.48. The number of benzene rings is 7. The van der Waals surface area contributed by atoms with Crippen molar-refractivity contribution in [1.82, 2.24) is 0 Å². The van der Waals surface area contributed by atoms with Crippen LogP contribution in [0, 0.1) is 0 Å². The molecule has 0 radical (unpaired) electrons. The first-order chi connectivity index (χ1) is 21.8. The molecule has 7 aromatic rings. The van der Waals surface area contributed by atoms with Crippen molar-refractivity contribution in [2.45, 2.75) is 5.41 Å². The van der Waals surface area contributed by atoms with E-state index >= 15 is 0 Å². The Labute approximate surface area is 258 Å². The molecule has 206 valence electrons. The summed E-state index contributed by atoms with van der Waals surface area (Å²) in [6.45, 7) is 0. The van der Waals surface area contributed by atoms with E-state index in [2.05, 4.69) is 175 Å². The van der Waals surface area contributed by atoms with Gasteiger partial charge >= 0.3 is 0 Å². The van der Waals surface area contributed by atoms with Crippen molar-refractivity contribution >= 4 is 11.4 Å². The molecule has 0 heterocycles. The lowest BCUT2D eigenvalue weighted by Crippen LogP contribution is -2.25. The summed E-state index contributed by atoms with van der Waals surface area (Å²) in [6.07, 6.45) is 0. The van der Waals surface area contributed by atoms with Gasteiger partial charge in [-0.25, -0.2) is 0 Å². The topological polar surface area (TPSA) is 12.0 Å². The van der Waals surface area contributed by atoms with Crippen LogP contribution < -0.4 is 5.32 Å². The first-order valence-electron chi connectivity index (χ1n) is 15.3. The molecule has 2 aliphatic rings. The van der Waals surface area contributed by atoms with Crippen molar-refractivity contribution < 1.29 is 0 Å². The Bertz CT molecular complexity index is 2130. The smallest absolute Gasteiger partial charge is 0.0726 e. The number of hydrogen-bond acceptors (Lipinski definition) is 1. The van der Waals surface area contributed by atoms with Crippen LogP contribution in [0.3, 0.4) is 0 Å². The highest BCUT2D eigenvalue weighted by molar-refractivity contribution is 5.95. The van der Waals surface area contributed by atoms with E-state index in [0.717, 1.165) is 11.4 Å². The highest BCUT2D eigenvalue weighted by atomic mass is 14.9. The van der Waals surface area contributed by atoms with E-state index in [-0.39, 0.29) is 5.41 Å². The van der Waals surface area contributed by atoms with Gasteiger partial charge < -0.3 is 5.32 Å². The second-order valence-corrected chi connectivity index (χ2v) is 11.8. The van der Waals surface area contributed by atoms with Crippen molar-refractivity contribution in [3.8, 4) is 44.5 Å². The molecule has 0 aromatic heterocycles. The van der Waals surface area contributed by atoms with E-state index in [1.54, 1.807) is 0 Å². The molecule has 0 atom stereocenters. The summed E-state index contributed by atoms with van der Waals surface area (Å²) >= 11 is 0. The van der Waals surface area contributed by atoms with E-state index in [9.17, 15) is 0 Å². The fourth-order valence-electron chi connectivity index (χ4n) is 7.60. The van der Waals surface area contributed by atoms with Gasteiger partial charge in [0.15, 0.2) is 0 Å². The minimum atomic E-state index is -0.334. The summed E-state index contributed by atoms with van der Waals surface area (Å²) in [5, 5.41) is 3.76. The van der Waals surface area contributed by atoms with Gasteiger partial charge in [0, 0.05) is 11.4 Å². The third-order valence-electron chi connectivity index (χ3n) is 9.47. The molecular weight excluding hydrogens is 530 g/mol. The van der Waals surface area contributed by atoms with Gasteiger partial charge in [-0.2, -0.15) is 0 Å². The van der Waals surface area contributed by atoms with Crippen molar-refractivity contribution in [2.75, 3.05) is 5.32 Å². The van der Waals surface area contributed by atoms with Crippen LogP contribution in [0.5, 0.6) is 0 Å². The molecule has 0 bridgehead atoms. The van der Waals surface area contributed by atoms with Crippen LogP contribution in [-0.4, -0.2) is 0 Å². The highest BCUT2D eigenvalue weighted by Gasteiger charge is 2.51. The molecule has 0 amide bonds. The minimum Gasteiger partial charge on any atom is -0.355 e. The van der Waals surface area contributed by atoms with Crippen molar-refractivity contribution in [2.24, 2.45) is 0 Å². The maximum atomic E-state index is 3.76. The van der Waals surface area contributed by atoms with Crippen LogP contribution in [0.4, 0.5) is 11.4 Å². The first-order valence-corrected chi connectivity index (χ1v) is 15.3. The summed E-state index contributed by atoms with van der Waals surface area (Å²) in [5.41, 5.74) is 17.4. The molecule has 1 N–H and O–H groups in total. The van der Waals surface area contributed by atoms with E-state index in [1.165, 1.54) is 66.8 Å². The Morgan fingerprint density at radius 2 is 0.750 bits per heavy atom. The predicted molar refractivity (Wildman–Crippen MR) is 183 cm³/mol. The molecule has 7 aromatic carbocycles. The average Bonchev–Trinajstić information content (AvgIpc) is 3.56. The maximum absolute atomic E-state index is 3.76. The molecule has 1 nitrogen and oxygen atoms in total. The van der Waals surface area contributed by atoms with Crippen molar-refractivity contribution in [3.63, 3.8) is 0 Å². The molecular formula is C43H29N. The second-order valence-electron chi connectivity index (χ2n) is 11.8. The Morgan fingerprint density at radius 1 is 0.295 bits per heavy atom. The summed E-state index contributed by atoms with van der Waals surface area (Å²) in [6, 6.07) is 61.9. The van der Waals surface area contributed by atoms with Crippen LogP contribution in [0.2, 0.25) is 0 Å². The number of rotatable bonds is 4.